The van der Waals surface area contributed by atoms with Gasteiger partial charge in [-0.15, -0.1) is 12.4 Å². The zero-order valence-corrected chi connectivity index (χ0v) is 14.0. The summed E-state index contributed by atoms with van der Waals surface area (Å²) in [7, 11) is 0. The number of aryl methyl sites for hydroxylation is 1. The van der Waals surface area contributed by atoms with Crippen molar-refractivity contribution in [3.8, 4) is 0 Å². The molecule has 1 fully saturated rings. The lowest BCUT2D eigenvalue weighted by atomic mass is 10.0. The van der Waals surface area contributed by atoms with Gasteiger partial charge >= 0.3 is 0 Å². The molecule has 1 aromatic carbocycles. The van der Waals surface area contributed by atoms with Gasteiger partial charge in [0.2, 0.25) is 5.91 Å². The van der Waals surface area contributed by atoms with Crippen LogP contribution in [0.5, 0.6) is 0 Å². The number of aromatic nitrogens is 1. The number of halogens is 1. The number of nitrogens with zero attached hydrogens (tertiary/aromatic N) is 1. The van der Waals surface area contributed by atoms with Crippen molar-refractivity contribution in [1.82, 2.24) is 15.2 Å². The van der Waals surface area contributed by atoms with Crippen LogP contribution >= 0.6 is 12.4 Å². The van der Waals surface area contributed by atoms with E-state index in [1.807, 2.05) is 11.1 Å². The monoisotopic (exact) mass is 321 g/mol. The van der Waals surface area contributed by atoms with Gasteiger partial charge < -0.3 is 15.2 Å². The van der Waals surface area contributed by atoms with E-state index in [1.165, 1.54) is 16.5 Å². The second-order valence-electron chi connectivity index (χ2n) is 5.88. The Bertz CT molecular complexity index is 652. The number of nitrogens with one attached hydrogen (secondary N) is 2. The van der Waals surface area contributed by atoms with Crippen molar-refractivity contribution in [2.45, 2.75) is 32.7 Å². The van der Waals surface area contributed by atoms with Crippen LogP contribution in [0.3, 0.4) is 0 Å². The number of piperazine rings is 1. The highest BCUT2D eigenvalue weighted by Gasteiger charge is 2.21. The van der Waals surface area contributed by atoms with E-state index in [-0.39, 0.29) is 18.3 Å². The number of H-pyrrole nitrogens is 1. The largest absolute Gasteiger partial charge is 0.361 e. The third-order valence-corrected chi connectivity index (χ3v) is 4.33. The fourth-order valence-corrected chi connectivity index (χ4v) is 3.15. The third-order valence-electron chi connectivity index (χ3n) is 4.33. The Morgan fingerprint density at radius 1 is 1.36 bits per heavy atom. The maximum Gasteiger partial charge on any atom is 0.227 e. The summed E-state index contributed by atoms with van der Waals surface area (Å²) in [6, 6.07) is 6.71. The zero-order valence-electron chi connectivity index (χ0n) is 13.2. The zero-order chi connectivity index (χ0) is 14.8. The van der Waals surface area contributed by atoms with Gasteiger partial charge in [-0.3, -0.25) is 4.79 Å². The van der Waals surface area contributed by atoms with Gasteiger partial charge in [-0.25, -0.2) is 0 Å². The molecule has 1 atom stereocenters. The van der Waals surface area contributed by atoms with Crippen molar-refractivity contribution in [3.05, 3.63) is 35.5 Å². The van der Waals surface area contributed by atoms with Crippen LogP contribution < -0.4 is 5.32 Å². The topological polar surface area (TPSA) is 48.1 Å². The lowest BCUT2D eigenvalue weighted by Crippen LogP contribution is -2.51. The quantitative estimate of drug-likeness (QED) is 0.912. The van der Waals surface area contributed by atoms with Crippen molar-refractivity contribution in [1.29, 1.82) is 0 Å². The first kappa shape index (κ1) is 16.8. The standard InChI is InChI=1S/C17H23N3O.ClH/c1-3-13-5-4-6-15-14(10-19-17(13)15)9-16(21)20-8-7-18-12(2)11-20;/h4-6,10,12,18-19H,3,7-9,11H2,1-2H3;1H/t12-;/m1./s1. The van der Waals surface area contributed by atoms with Crippen molar-refractivity contribution in [2.24, 2.45) is 0 Å². The molecule has 0 aliphatic carbocycles. The summed E-state index contributed by atoms with van der Waals surface area (Å²) in [6.07, 6.45) is 3.48. The molecule has 0 radical (unpaired) electrons. The Morgan fingerprint density at radius 2 is 2.18 bits per heavy atom. The molecule has 0 unspecified atom stereocenters. The van der Waals surface area contributed by atoms with Crippen LogP contribution in [0.1, 0.15) is 25.0 Å². The minimum absolute atomic E-state index is 0. The van der Waals surface area contributed by atoms with E-state index in [4.69, 9.17) is 0 Å². The maximum absolute atomic E-state index is 12.5. The molecule has 0 saturated carbocycles. The fourth-order valence-electron chi connectivity index (χ4n) is 3.15. The summed E-state index contributed by atoms with van der Waals surface area (Å²) in [5, 5.41) is 4.56. The van der Waals surface area contributed by atoms with Crippen LogP contribution in [-0.2, 0) is 17.6 Å². The van der Waals surface area contributed by atoms with Gasteiger partial charge in [0.15, 0.2) is 0 Å². The van der Waals surface area contributed by atoms with Crippen molar-refractivity contribution >= 4 is 29.2 Å². The molecule has 1 amide bonds. The van der Waals surface area contributed by atoms with Crippen molar-refractivity contribution < 1.29 is 4.79 Å². The molecule has 0 spiro atoms. The summed E-state index contributed by atoms with van der Waals surface area (Å²) in [5.41, 5.74) is 3.59. The molecule has 0 bridgehead atoms. The Kier molecular flexibility index (Phi) is 5.48. The summed E-state index contributed by atoms with van der Waals surface area (Å²) in [5.74, 6) is 0.228. The SMILES string of the molecule is CCc1cccc2c(CC(=O)N3CCN[C@H](C)C3)c[nH]c12.Cl. The number of fused-ring (bicyclic) bond motifs is 1. The maximum atomic E-state index is 12.5. The van der Waals surface area contributed by atoms with Crippen LogP contribution in [-0.4, -0.2) is 41.5 Å². The number of hydrogen-bond donors (Lipinski definition) is 2. The molecule has 1 saturated heterocycles. The van der Waals surface area contributed by atoms with E-state index in [2.05, 4.69) is 42.3 Å². The van der Waals surface area contributed by atoms with E-state index < -0.39 is 0 Å². The highest BCUT2D eigenvalue weighted by atomic mass is 35.5. The molecule has 5 heteroatoms. The smallest absolute Gasteiger partial charge is 0.227 e. The average Bonchev–Trinajstić information content (AvgIpc) is 2.90. The third kappa shape index (κ3) is 3.28. The first-order valence-electron chi connectivity index (χ1n) is 7.78. The number of para-hydroxylation sites is 1. The van der Waals surface area contributed by atoms with E-state index in [0.29, 0.717) is 12.5 Å². The van der Waals surface area contributed by atoms with Crippen LogP contribution in [0, 0.1) is 0 Å². The predicted molar refractivity (Wildman–Crippen MR) is 92.7 cm³/mol. The summed E-state index contributed by atoms with van der Waals surface area (Å²) >= 11 is 0. The summed E-state index contributed by atoms with van der Waals surface area (Å²) < 4.78 is 0. The minimum Gasteiger partial charge on any atom is -0.361 e. The molecule has 1 aromatic heterocycles. The number of rotatable bonds is 3. The first-order chi connectivity index (χ1) is 10.2. The van der Waals surface area contributed by atoms with Crippen LogP contribution in [0.15, 0.2) is 24.4 Å². The predicted octanol–water partition coefficient (Wildman–Crippen LogP) is 2.51. The lowest BCUT2D eigenvalue weighted by molar-refractivity contribution is -0.131. The van der Waals surface area contributed by atoms with Gasteiger partial charge in [0, 0.05) is 42.8 Å². The molecule has 2 aromatic rings. The molecule has 22 heavy (non-hydrogen) atoms. The molecule has 120 valence electrons. The fraction of sp³-hybridized carbons (Fsp3) is 0.471. The second kappa shape index (κ2) is 7.16. The molecule has 3 rings (SSSR count). The molecular weight excluding hydrogens is 298 g/mol. The van der Waals surface area contributed by atoms with Crippen LogP contribution in [0.25, 0.3) is 10.9 Å². The van der Waals surface area contributed by atoms with Gasteiger partial charge in [0.1, 0.15) is 0 Å². The highest BCUT2D eigenvalue weighted by Crippen LogP contribution is 2.23. The normalized spacial score (nSPS) is 18.3. The number of aromatic amines is 1. The highest BCUT2D eigenvalue weighted by molar-refractivity contribution is 5.90. The van der Waals surface area contributed by atoms with Gasteiger partial charge in [0.05, 0.1) is 6.42 Å². The van der Waals surface area contributed by atoms with Crippen LogP contribution in [0.2, 0.25) is 0 Å². The number of hydrogen-bond acceptors (Lipinski definition) is 2. The molecule has 1 aliphatic heterocycles. The Hall–Kier alpha value is -1.52. The average molecular weight is 322 g/mol. The van der Waals surface area contributed by atoms with Gasteiger partial charge in [-0.1, -0.05) is 25.1 Å². The molecule has 1 aliphatic rings. The molecule has 2 heterocycles. The van der Waals surface area contributed by atoms with E-state index in [1.54, 1.807) is 0 Å². The number of amides is 1. The van der Waals surface area contributed by atoms with E-state index in [0.717, 1.165) is 31.6 Å². The molecule has 4 nitrogen and oxygen atoms in total. The van der Waals surface area contributed by atoms with E-state index in [9.17, 15) is 4.79 Å². The number of benzene rings is 1. The lowest BCUT2D eigenvalue weighted by Gasteiger charge is -2.32. The van der Waals surface area contributed by atoms with Gasteiger partial charge in [0.25, 0.3) is 0 Å². The Balaban J connectivity index is 0.00000176. The molecule has 2 N–H and O–H groups in total. The summed E-state index contributed by atoms with van der Waals surface area (Å²) in [6.45, 7) is 6.79. The molecular formula is C17H24ClN3O. The van der Waals surface area contributed by atoms with Gasteiger partial charge in [-0.05, 0) is 24.5 Å². The van der Waals surface area contributed by atoms with Gasteiger partial charge in [-0.2, -0.15) is 0 Å². The van der Waals surface area contributed by atoms with E-state index >= 15 is 0 Å². The van der Waals surface area contributed by atoms with Crippen LogP contribution in [0.4, 0.5) is 0 Å². The minimum atomic E-state index is 0. The second-order valence-corrected chi connectivity index (χ2v) is 5.88. The number of carbonyl (C=O) groups excluding carboxylic acids is 1. The Morgan fingerprint density at radius 3 is 2.91 bits per heavy atom. The number of carbonyl (C=O) groups is 1. The summed E-state index contributed by atoms with van der Waals surface area (Å²) in [4.78, 5) is 17.8. The first-order valence-corrected chi connectivity index (χ1v) is 7.78. The Labute approximate surface area is 137 Å². The van der Waals surface area contributed by atoms with Crippen molar-refractivity contribution in [3.63, 3.8) is 0 Å². The van der Waals surface area contributed by atoms with Crippen molar-refractivity contribution in [2.75, 3.05) is 19.6 Å².